The van der Waals surface area contributed by atoms with E-state index >= 15 is 0 Å². The van der Waals surface area contributed by atoms with Gasteiger partial charge in [0.2, 0.25) is 11.0 Å². The lowest BCUT2D eigenvalue weighted by Gasteiger charge is -2.32. The molecule has 1 saturated heterocycles. The number of ketones is 2. The molecule has 2 aliphatic heterocycles. The lowest BCUT2D eigenvalue weighted by atomic mass is 9.88. The normalized spacial score (nSPS) is 20.2. The molecule has 11 nitrogen and oxygen atoms in total. The Morgan fingerprint density at radius 2 is 1.95 bits per heavy atom. The minimum atomic E-state index is -4.27. The Hall–Kier alpha value is -3.64. The molecule has 4 rings (SSSR count). The molecule has 2 aliphatic rings. The first-order valence-corrected chi connectivity index (χ1v) is 14.7. The highest BCUT2D eigenvalue weighted by atomic mass is 32.2. The third kappa shape index (κ3) is 5.92. The van der Waals surface area contributed by atoms with Gasteiger partial charge in [-0.25, -0.2) is 13.4 Å². The van der Waals surface area contributed by atoms with Crippen LogP contribution in [0, 0.1) is 12.8 Å². The number of Topliss-reactive ketones (excluding diaryl/α,β-unsaturated/α-hetero) is 2. The fourth-order valence-corrected chi connectivity index (χ4v) is 6.63. The van der Waals surface area contributed by atoms with Crippen LogP contribution in [0.5, 0.6) is 0 Å². The monoisotopic (exact) mass is 570 g/mol. The summed E-state index contributed by atoms with van der Waals surface area (Å²) in [6, 6.07) is 6.29. The maximum atomic E-state index is 13.6. The quantitative estimate of drug-likeness (QED) is 0.518. The smallest absolute Gasteiger partial charge is 0.288 e. The summed E-state index contributed by atoms with van der Waals surface area (Å²) in [5.41, 5.74) is -0.178. The molecule has 12 heteroatoms. The van der Waals surface area contributed by atoms with Gasteiger partial charge in [0.05, 0.1) is 12.6 Å². The largest absolute Gasteiger partial charge is 0.451 e. The number of rotatable bonds is 7. The Bertz CT molecular complexity index is 1520. The fraction of sp³-hybridized carbons (Fsp3) is 0.464. The van der Waals surface area contributed by atoms with E-state index in [0.29, 0.717) is 11.1 Å². The SMILES string of the molecule is Cc1c(C(=O)NC(C)(CC(C)C)C(=O)NC2CCCN(S(=O)(=O)C3=NC=CCC3=O)CC2=O)oc2ccccc12. The average Bonchev–Trinajstić information content (AvgIpc) is 3.11. The van der Waals surface area contributed by atoms with Crippen molar-refractivity contribution in [2.75, 3.05) is 13.1 Å². The van der Waals surface area contributed by atoms with Gasteiger partial charge in [0.15, 0.2) is 17.3 Å². The molecular weight excluding hydrogens is 536 g/mol. The van der Waals surface area contributed by atoms with Crippen molar-refractivity contribution in [2.24, 2.45) is 10.9 Å². The van der Waals surface area contributed by atoms with Crippen LogP contribution in [0.4, 0.5) is 0 Å². The topological polar surface area (TPSA) is 155 Å². The van der Waals surface area contributed by atoms with E-state index in [0.717, 1.165) is 9.69 Å². The Kier molecular flexibility index (Phi) is 8.41. The van der Waals surface area contributed by atoms with Crippen LogP contribution >= 0.6 is 0 Å². The number of nitrogens with zero attached hydrogens (tertiary/aromatic N) is 2. The molecule has 3 heterocycles. The minimum Gasteiger partial charge on any atom is -0.451 e. The predicted molar refractivity (Wildman–Crippen MR) is 149 cm³/mol. The summed E-state index contributed by atoms with van der Waals surface area (Å²) < 4.78 is 32.8. The van der Waals surface area contributed by atoms with Gasteiger partial charge in [-0.3, -0.25) is 19.2 Å². The number of amides is 2. The molecule has 0 bridgehead atoms. The molecule has 0 radical (unpaired) electrons. The molecule has 1 aromatic heterocycles. The van der Waals surface area contributed by atoms with E-state index in [4.69, 9.17) is 4.42 Å². The van der Waals surface area contributed by atoms with Gasteiger partial charge in [-0.15, -0.1) is 0 Å². The molecule has 214 valence electrons. The Labute approximate surface area is 233 Å². The van der Waals surface area contributed by atoms with Crippen molar-refractivity contribution in [2.45, 2.75) is 65.0 Å². The number of carbonyl (C=O) groups excluding carboxylic acids is 4. The van der Waals surface area contributed by atoms with E-state index in [1.54, 1.807) is 26.0 Å². The van der Waals surface area contributed by atoms with Crippen LogP contribution in [0.15, 0.2) is 46.0 Å². The summed E-state index contributed by atoms with van der Waals surface area (Å²) in [6.07, 6.45) is 3.40. The second-order valence-corrected chi connectivity index (χ2v) is 12.7. The molecule has 2 N–H and O–H groups in total. The number of nitrogens with one attached hydrogen (secondary N) is 2. The number of hydrogen-bond acceptors (Lipinski definition) is 8. The first kappa shape index (κ1) is 29.3. The number of carbonyl (C=O) groups is 4. The zero-order chi connectivity index (χ0) is 29.2. The van der Waals surface area contributed by atoms with E-state index in [-0.39, 0.29) is 43.9 Å². The average molecular weight is 571 g/mol. The Morgan fingerprint density at radius 3 is 2.62 bits per heavy atom. The van der Waals surface area contributed by atoms with Gasteiger partial charge in [0.25, 0.3) is 15.9 Å². The van der Waals surface area contributed by atoms with Crippen molar-refractivity contribution in [3.05, 3.63) is 47.9 Å². The molecule has 0 spiro atoms. The zero-order valence-corrected chi connectivity index (χ0v) is 23.8. The third-order valence-corrected chi connectivity index (χ3v) is 8.92. The van der Waals surface area contributed by atoms with E-state index in [9.17, 15) is 27.6 Å². The summed E-state index contributed by atoms with van der Waals surface area (Å²) in [7, 11) is -4.27. The molecule has 0 saturated carbocycles. The second kappa shape index (κ2) is 11.5. The zero-order valence-electron chi connectivity index (χ0n) is 23.0. The van der Waals surface area contributed by atoms with E-state index in [1.807, 2.05) is 26.0 Å². The van der Waals surface area contributed by atoms with Gasteiger partial charge in [-0.1, -0.05) is 38.1 Å². The van der Waals surface area contributed by atoms with Crippen LogP contribution in [0.25, 0.3) is 11.0 Å². The van der Waals surface area contributed by atoms with Crippen LogP contribution in [0.1, 0.15) is 62.6 Å². The molecule has 2 aromatic rings. The Morgan fingerprint density at radius 1 is 1.23 bits per heavy atom. The van der Waals surface area contributed by atoms with Gasteiger partial charge in [0, 0.05) is 30.1 Å². The van der Waals surface area contributed by atoms with Crippen LogP contribution in [0.2, 0.25) is 0 Å². The van der Waals surface area contributed by atoms with Crippen LogP contribution < -0.4 is 10.6 Å². The van der Waals surface area contributed by atoms with Crippen LogP contribution in [-0.4, -0.2) is 65.8 Å². The number of sulfonamides is 1. The maximum Gasteiger partial charge on any atom is 0.288 e. The third-order valence-electron chi connectivity index (χ3n) is 7.11. The van der Waals surface area contributed by atoms with Gasteiger partial charge in [-0.05, 0) is 45.1 Å². The molecule has 40 heavy (non-hydrogen) atoms. The molecule has 2 atom stereocenters. The summed E-state index contributed by atoms with van der Waals surface area (Å²) in [6.45, 7) is 6.68. The number of benzene rings is 1. The number of aliphatic imine (C=N–C) groups is 1. The van der Waals surface area contributed by atoms with Gasteiger partial charge < -0.3 is 15.1 Å². The molecule has 2 unspecified atom stereocenters. The highest BCUT2D eigenvalue weighted by Gasteiger charge is 2.41. The fourth-order valence-electron chi connectivity index (χ4n) is 5.16. The number of para-hydroxylation sites is 1. The highest BCUT2D eigenvalue weighted by Crippen LogP contribution is 2.26. The first-order valence-electron chi connectivity index (χ1n) is 13.2. The summed E-state index contributed by atoms with van der Waals surface area (Å²) in [5.74, 6) is -2.14. The van der Waals surface area contributed by atoms with Crippen molar-refractivity contribution in [1.29, 1.82) is 0 Å². The van der Waals surface area contributed by atoms with Crippen molar-refractivity contribution in [3.8, 4) is 0 Å². The molecule has 1 aromatic carbocycles. The maximum absolute atomic E-state index is 13.6. The molecule has 2 amide bonds. The summed E-state index contributed by atoms with van der Waals surface area (Å²) in [4.78, 5) is 56.0. The first-order chi connectivity index (χ1) is 18.8. The number of allylic oxidation sites excluding steroid dienone is 1. The lowest BCUT2D eigenvalue weighted by Crippen LogP contribution is -2.60. The van der Waals surface area contributed by atoms with E-state index < -0.39 is 56.6 Å². The van der Waals surface area contributed by atoms with Crippen molar-refractivity contribution >= 4 is 49.4 Å². The summed E-state index contributed by atoms with van der Waals surface area (Å²) >= 11 is 0. The number of fused-ring (bicyclic) bond motifs is 1. The number of aryl methyl sites for hydroxylation is 1. The standard InChI is InChI=1S/C28H34N4O7S/c1-17(2)15-28(4,31-25(35)24-18(3)19-9-5-6-12-23(19)39-24)27(36)30-20-10-8-14-32(16-22(20)34)40(37,38)26-21(33)11-7-13-29-26/h5-7,9,12-13,17,20H,8,10-11,14-16H2,1-4H3,(H,30,36)(H,31,35). The van der Waals surface area contributed by atoms with Crippen molar-refractivity contribution in [3.63, 3.8) is 0 Å². The van der Waals surface area contributed by atoms with Gasteiger partial charge in [-0.2, -0.15) is 4.31 Å². The minimum absolute atomic E-state index is 0.00177. The van der Waals surface area contributed by atoms with Crippen molar-refractivity contribution in [1.82, 2.24) is 14.9 Å². The lowest BCUT2D eigenvalue weighted by molar-refractivity contribution is -0.131. The Balaban J connectivity index is 1.51. The second-order valence-electron chi connectivity index (χ2n) is 10.9. The van der Waals surface area contributed by atoms with Crippen molar-refractivity contribution < 1.29 is 32.0 Å². The molecule has 1 fully saturated rings. The highest BCUT2D eigenvalue weighted by molar-refractivity contribution is 8.06. The van der Waals surface area contributed by atoms with Gasteiger partial charge >= 0.3 is 0 Å². The number of furan rings is 1. The summed E-state index contributed by atoms with van der Waals surface area (Å²) in [5, 5.41) is 5.78. The van der Waals surface area contributed by atoms with E-state index in [1.165, 1.54) is 12.3 Å². The van der Waals surface area contributed by atoms with Gasteiger partial charge in [0.1, 0.15) is 11.1 Å². The molecular formula is C28H34N4O7S. The van der Waals surface area contributed by atoms with Crippen LogP contribution in [0.3, 0.4) is 0 Å². The predicted octanol–water partition coefficient (Wildman–Crippen LogP) is 2.64. The molecule has 0 aliphatic carbocycles. The van der Waals surface area contributed by atoms with Crippen LogP contribution in [-0.2, 0) is 24.4 Å². The van der Waals surface area contributed by atoms with E-state index in [2.05, 4.69) is 15.6 Å². The number of hydrogen-bond donors (Lipinski definition) is 2.